The van der Waals surface area contributed by atoms with E-state index in [0.717, 1.165) is 11.1 Å². The second-order valence-electron chi connectivity index (χ2n) is 10.8. The van der Waals surface area contributed by atoms with Crippen molar-refractivity contribution in [1.82, 2.24) is 19.9 Å². The highest BCUT2D eigenvalue weighted by Crippen LogP contribution is 2.43. The van der Waals surface area contributed by atoms with Crippen molar-refractivity contribution in [1.29, 1.82) is 0 Å². The monoisotopic (exact) mass is 526 g/mol. The van der Waals surface area contributed by atoms with Gasteiger partial charge in [-0.15, -0.1) is 0 Å². The fourth-order valence-electron chi connectivity index (χ4n) is 5.45. The number of ether oxygens (including phenoxy) is 3. The number of H-pyrrole nitrogens is 1. The quantitative estimate of drug-likeness (QED) is 0.473. The molecular weight excluding hydrogens is 496 g/mol. The first-order valence-corrected chi connectivity index (χ1v) is 12.3. The average molecular weight is 527 g/mol. The molecule has 12 nitrogen and oxygen atoms in total. The van der Waals surface area contributed by atoms with Gasteiger partial charge in [0.1, 0.15) is 36.1 Å². The standard InChI is InChI=1S/C26H30N4O8/c1-12(31)35-11-20-19(36-13(2)32)9-21(37-20)30-10-14(22(33)28-24(30)34)23-27-17-7-15-16(8-18(17)38-23)26(5,6)29-25(15,3)4/h7-8,10,19-21,29H,9,11H2,1-6H3,(H,28,33,34)/t19-,20+,21+/m0/s1. The molecule has 2 aliphatic heterocycles. The number of carbonyl (C=O) groups excluding carboxylic acids is 2. The molecule has 1 saturated heterocycles. The minimum absolute atomic E-state index is 0.0358. The van der Waals surface area contributed by atoms with Crippen LogP contribution in [-0.4, -0.2) is 45.3 Å². The Morgan fingerprint density at radius 3 is 2.45 bits per heavy atom. The first-order valence-electron chi connectivity index (χ1n) is 12.3. The lowest BCUT2D eigenvalue weighted by molar-refractivity contribution is -0.155. The molecule has 2 aromatic heterocycles. The lowest BCUT2D eigenvalue weighted by Crippen LogP contribution is -2.39. The van der Waals surface area contributed by atoms with E-state index in [2.05, 4.69) is 43.0 Å². The SMILES string of the molecule is CC(=O)OC[C@H]1O[C@@H](n2cc(-c3nc4cc5c(cc4o3)C(C)(C)NC5(C)C)c(=O)[nH]c2=O)C[C@@H]1OC(C)=O. The van der Waals surface area contributed by atoms with E-state index in [1.165, 1.54) is 24.6 Å². The molecule has 202 valence electrons. The molecule has 2 aliphatic rings. The molecule has 0 unspecified atom stereocenters. The third kappa shape index (κ3) is 4.54. The van der Waals surface area contributed by atoms with Crippen molar-refractivity contribution in [3.63, 3.8) is 0 Å². The van der Waals surface area contributed by atoms with Gasteiger partial charge < -0.3 is 18.6 Å². The first kappa shape index (κ1) is 25.9. The van der Waals surface area contributed by atoms with E-state index in [4.69, 9.17) is 18.6 Å². The van der Waals surface area contributed by atoms with Gasteiger partial charge in [-0.05, 0) is 51.0 Å². The van der Waals surface area contributed by atoms with E-state index >= 15 is 0 Å². The third-order valence-electron chi connectivity index (χ3n) is 6.96. The molecule has 0 saturated carbocycles. The molecule has 5 rings (SSSR count). The molecule has 0 bridgehead atoms. The zero-order valence-corrected chi connectivity index (χ0v) is 22.0. The average Bonchev–Trinajstić information content (AvgIpc) is 3.43. The number of rotatable bonds is 5. The number of benzene rings is 1. The highest BCUT2D eigenvalue weighted by atomic mass is 16.6. The number of hydrogen-bond donors (Lipinski definition) is 2. The van der Waals surface area contributed by atoms with Crippen molar-refractivity contribution in [3.05, 3.63) is 50.3 Å². The third-order valence-corrected chi connectivity index (χ3v) is 6.96. The Morgan fingerprint density at radius 1 is 1.11 bits per heavy atom. The van der Waals surface area contributed by atoms with Crippen molar-refractivity contribution in [2.75, 3.05) is 6.61 Å². The molecule has 0 amide bonds. The topological polar surface area (TPSA) is 155 Å². The van der Waals surface area contributed by atoms with Crippen LogP contribution in [0.4, 0.5) is 0 Å². The van der Waals surface area contributed by atoms with Gasteiger partial charge in [0.15, 0.2) is 5.58 Å². The smallest absolute Gasteiger partial charge is 0.330 e. The van der Waals surface area contributed by atoms with E-state index in [0.29, 0.717) is 11.1 Å². The number of oxazole rings is 1. The number of fused-ring (bicyclic) bond motifs is 2. The molecule has 3 aromatic rings. The van der Waals surface area contributed by atoms with E-state index in [9.17, 15) is 19.2 Å². The maximum Gasteiger partial charge on any atom is 0.330 e. The van der Waals surface area contributed by atoms with Gasteiger partial charge in [0.25, 0.3) is 5.56 Å². The highest BCUT2D eigenvalue weighted by Gasteiger charge is 2.42. The van der Waals surface area contributed by atoms with Gasteiger partial charge in [-0.2, -0.15) is 0 Å². The number of hydrogen-bond acceptors (Lipinski definition) is 10. The summed E-state index contributed by atoms with van der Waals surface area (Å²) in [4.78, 5) is 55.3. The Kier molecular flexibility index (Phi) is 6.07. The van der Waals surface area contributed by atoms with Gasteiger partial charge in [0.05, 0.1) is 0 Å². The predicted octanol–water partition coefficient (Wildman–Crippen LogP) is 2.20. The van der Waals surface area contributed by atoms with Crippen LogP contribution in [0.2, 0.25) is 0 Å². The van der Waals surface area contributed by atoms with Crippen molar-refractivity contribution in [2.45, 2.75) is 77.5 Å². The summed E-state index contributed by atoms with van der Waals surface area (Å²) in [6, 6.07) is 3.88. The van der Waals surface area contributed by atoms with E-state index < -0.39 is 41.6 Å². The summed E-state index contributed by atoms with van der Waals surface area (Å²) in [6.45, 7) is 10.7. The van der Waals surface area contributed by atoms with Gasteiger partial charge in [-0.3, -0.25) is 29.3 Å². The molecule has 4 heterocycles. The molecule has 38 heavy (non-hydrogen) atoms. The molecule has 1 fully saturated rings. The van der Waals surface area contributed by atoms with Crippen LogP contribution in [0.3, 0.4) is 0 Å². The van der Waals surface area contributed by atoms with Crippen molar-refractivity contribution >= 4 is 23.0 Å². The predicted molar refractivity (Wildman–Crippen MR) is 134 cm³/mol. The van der Waals surface area contributed by atoms with Gasteiger partial charge >= 0.3 is 17.6 Å². The maximum absolute atomic E-state index is 12.8. The van der Waals surface area contributed by atoms with Crippen LogP contribution in [-0.2, 0) is 34.9 Å². The van der Waals surface area contributed by atoms with E-state index in [-0.39, 0.29) is 35.6 Å². The van der Waals surface area contributed by atoms with Crippen LogP contribution in [0.25, 0.3) is 22.6 Å². The fraction of sp³-hybridized carbons (Fsp3) is 0.500. The molecule has 0 radical (unpaired) electrons. The van der Waals surface area contributed by atoms with Crippen molar-refractivity contribution in [3.8, 4) is 11.5 Å². The second kappa shape index (κ2) is 8.91. The number of carbonyl (C=O) groups is 2. The van der Waals surface area contributed by atoms with Crippen LogP contribution in [0, 0.1) is 0 Å². The largest absolute Gasteiger partial charge is 0.463 e. The molecule has 1 aromatic carbocycles. The van der Waals surface area contributed by atoms with Gasteiger partial charge in [0.2, 0.25) is 5.89 Å². The Bertz CT molecular complexity index is 1510. The second-order valence-corrected chi connectivity index (χ2v) is 10.8. The van der Waals surface area contributed by atoms with E-state index in [1.54, 1.807) is 0 Å². The minimum Gasteiger partial charge on any atom is -0.463 e. The van der Waals surface area contributed by atoms with Crippen LogP contribution < -0.4 is 16.6 Å². The number of aromatic nitrogens is 3. The van der Waals surface area contributed by atoms with Crippen LogP contribution >= 0.6 is 0 Å². The number of nitrogens with one attached hydrogen (secondary N) is 2. The normalized spacial score (nSPS) is 23.4. The molecule has 2 N–H and O–H groups in total. The van der Waals surface area contributed by atoms with Crippen molar-refractivity contribution in [2.24, 2.45) is 0 Å². The maximum atomic E-state index is 12.8. The summed E-state index contributed by atoms with van der Waals surface area (Å²) in [5.41, 5.74) is 1.34. The minimum atomic E-state index is -0.899. The molecular formula is C26H30N4O8. The summed E-state index contributed by atoms with van der Waals surface area (Å²) >= 11 is 0. The van der Waals surface area contributed by atoms with Crippen molar-refractivity contribution < 1.29 is 28.2 Å². The number of aromatic amines is 1. The lowest BCUT2D eigenvalue weighted by atomic mass is 9.90. The van der Waals surface area contributed by atoms with E-state index in [1.807, 2.05) is 12.1 Å². The van der Waals surface area contributed by atoms with Gasteiger partial charge in [-0.1, -0.05) is 0 Å². The Balaban J connectivity index is 1.52. The van der Waals surface area contributed by atoms with Gasteiger partial charge in [0, 0.05) is 37.5 Å². The molecule has 3 atom stereocenters. The lowest BCUT2D eigenvalue weighted by Gasteiger charge is -2.25. The Morgan fingerprint density at radius 2 is 1.79 bits per heavy atom. The van der Waals surface area contributed by atoms with Crippen LogP contribution in [0.5, 0.6) is 0 Å². The molecule has 0 spiro atoms. The summed E-state index contributed by atoms with van der Waals surface area (Å²) in [6.07, 6.45) is -1.02. The Labute approximate surface area is 217 Å². The summed E-state index contributed by atoms with van der Waals surface area (Å²) in [5, 5.41) is 3.60. The Hall–Kier alpha value is -3.77. The number of esters is 2. The summed E-state index contributed by atoms with van der Waals surface area (Å²) < 4.78 is 23.4. The zero-order valence-electron chi connectivity index (χ0n) is 22.0. The summed E-state index contributed by atoms with van der Waals surface area (Å²) in [7, 11) is 0. The van der Waals surface area contributed by atoms with Crippen LogP contribution in [0.1, 0.15) is 65.3 Å². The molecule has 0 aliphatic carbocycles. The first-order chi connectivity index (χ1) is 17.7. The summed E-state index contributed by atoms with van der Waals surface area (Å²) in [5.74, 6) is -1.01. The fourth-order valence-corrected chi connectivity index (χ4v) is 5.45. The highest BCUT2D eigenvalue weighted by molar-refractivity contribution is 5.79. The zero-order chi connectivity index (χ0) is 27.6. The number of nitrogens with zero attached hydrogens (tertiary/aromatic N) is 2. The molecule has 12 heteroatoms. The van der Waals surface area contributed by atoms with Gasteiger partial charge in [-0.25, -0.2) is 9.78 Å². The van der Waals surface area contributed by atoms with Crippen LogP contribution in [0.15, 0.2) is 32.3 Å².